The lowest BCUT2D eigenvalue weighted by Crippen LogP contribution is -2.23. The van der Waals surface area contributed by atoms with Crippen LogP contribution in [0.15, 0.2) is 12.1 Å². The first-order valence-electron chi connectivity index (χ1n) is 4.99. The van der Waals surface area contributed by atoms with Crippen molar-refractivity contribution in [1.82, 2.24) is 0 Å². The van der Waals surface area contributed by atoms with E-state index in [4.69, 9.17) is 21.1 Å². The molecule has 0 aromatic heterocycles. The van der Waals surface area contributed by atoms with Crippen molar-refractivity contribution < 1.29 is 14.6 Å². The van der Waals surface area contributed by atoms with E-state index in [0.29, 0.717) is 16.5 Å². The SMILES string of the molecule is COc1cc(C(C)(C)CO)c(OC)cc1Cl. The molecule has 0 spiro atoms. The van der Waals surface area contributed by atoms with Gasteiger partial charge in [-0.1, -0.05) is 25.4 Å². The van der Waals surface area contributed by atoms with E-state index >= 15 is 0 Å². The van der Waals surface area contributed by atoms with Crippen LogP contribution in [0.1, 0.15) is 19.4 Å². The molecule has 0 aliphatic rings. The Hall–Kier alpha value is -0.930. The lowest BCUT2D eigenvalue weighted by Gasteiger charge is -2.25. The standard InChI is InChI=1S/C12H17ClO3/c1-12(2,7-14)8-5-11(16-4)9(13)6-10(8)15-3/h5-6,14H,7H2,1-4H3. The molecule has 0 unspecified atom stereocenters. The molecule has 0 bridgehead atoms. The van der Waals surface area contributed by atoms with Gasteiger partial charge in [-0.15, -0.1) is 0 Å². The van der Waals surface area contributed by atoms with Gasteiger partial charge in [0.1, 0.15) is 11.5 Å². The van der Waals surface area contributed by atoms with Crippen molar-refractivity contribution in [2.24, 2.45) is 0 Å². The predicted octanol–water partition coefficient (Wildman–Crippen LogP) is 2.63. The molecule has 0 aliphatic heterocycles. The van der Waals surface area contributed by atoms with E-state index in [-0.39, 0.29) is 6.61 Å². The van der Waals surface area contributed by atoms with Crippen LogP contribution in [0.3, 0.4) is 0 Å². The van der Waals surface area contributed by atoms with Gasteiger partial charge >= 0.3 is 0 Å². The Labute approximate surface area is 101 Å². The Morgan fingerprint density at radius 1 is 1.19 bits per heavy atom. The quantitative estimate of drug-likeness (QED) is 0.885. The molecule has 0 radical (unpaired) electrons. The molecule has 3 nitrogen and oxygen atoms in total. The molecule has 1 rings (SSSR count). The smallest absolute Gasteiger partial charge is 0.138 e. The van der Waals surface area contributed by atoms with E-state index in [1.54, 1.807) is 26.4 Å². The molecule has 0 saturated carbocycles. The lowest BCUT2D eigenvalue weighted by molar-refractivity contribution is 0.214. The molecule has 0 heterocycles. The van der Waals surface area contributed by atoms with Crippen molar-refractivity contribution in [2.75, 3.05) is 20.8 Å². The third-order valence-electron chi connectivity index (χ3n) is 2.60. The van der Waals surface area contributed by atoms with E-state index in [2.05, 4.69) is 0 Å². The number of hydrogen-bond acceptors (Lipinski definition) is 3. The minimum atomic E-state index is -0.400. The zero-order valence-corrected chi connectivity index (χ0v) is 10.8. The van der Waals surface area contributed by atoms with Crippen LogP contribution in [0.2, 0.25) is 5.02 Å². The highest BCUT2D eigenvalue weighted by Crippen LogP contribution is 2.38. The summed E-state index contributed by atoms with van der Waals surface area (Å²) in [5.41, 5.74) is 0.474. The summed E-state index contributed by atoms with van der Waals surface area (Å²) < 4.78 is 10.4. The van der Waals surface area contributed by atoms with Gasteiger partial charge in [-0.2, -0.15) is 0 Å². The predicted molar refractivity (Wildman–Crippen MR) is 64.7 cm³/mol. The van der Waals surface area contributed by atoms with Crippen molar-refractivity contribution >= 4 is 11.6 Å². The highest BCUT2D eigenvalue weighted by molar-refractivity contribution is 6.32. The number of methoxy groups -OCH3 is 2. The molecule has 0 amide bonds. The number of ether oxygens (including phenoxy) is 2. The fourth-order valence-electron chi connectivity index (χ4n) is 1.47. The largest absolute Gasteiger partial charge is 0.496 e. The van der Waals surface area contributed by atoms with Gasteiger partial charge in [-0.3, -0.25) is 0 Å². The van der Waals surface area contributed by atoms with Gasteiger partial charge in [0, 0.05) is 17.0 Å². The van der Waals surface area contributed by atoms with Crippen molar-refractivity contribution in [1.29, 1.82) is 0 Å². The maximum atomic E-state index is 9.37. The van der Waals surface area contributed by atoms with Crippen LogP contribution in [0, 0.1) is 0 Å². The Kier molecular flexibility index (Phi) is 4.05. The molecule has 0 saturated heterocycles. The zero-order valence-electron chi connectivity index (χ0n) is 10.0. The Bertz CT molecular complexity index is 375. The molecule has 0 atom stereocenters. The second-order valence-corrected chi connectivity index (χ2v) is 4.64. The third-order valence-corrected chi connectivity index (χ3v) is 2.89. The van der Waals surface area contributed by atoms with E-state index in [0.717, 1.165) is 5.56 Å². The van der Waals surface area contributed by atoms with E-state index in [1.165, 1.54) is 0 Å². The highest BCUT2D eigenvalue weighted by Gasteiger charge is 2.25. The monoisotopic (exact) mass is 244 g/mol. The fourth-order valence-corrected chi connectivity index (χ4v) is 1.71. The van der Waals surface area contributed by atoms with Crippen LogP contribution in [-0.4, -0.2) is 25.9 Å². The van der Waals surface area contributed by atoms with Crippen LogP contribution in [0.25, 0.3) is 0 Å². The number of hydrogen-bond donors (Lipinski definition) is 1. The third kappa shape index (κ3) is 2.42. The van der Waals surface area contributed by atoms with Crippen LogP contribution >= 0.6 is 11.6 Å². The van der Waals surface area contributed by atoms with Crippen molar-refractivity contribution in [3.63, 3.8) is 0 Å². The van der Waals surface area contributed by atoms with Gasteiger partial charge in [-0.25, -0.2) is 0 Å². The molecule has 0 fully saturated rings. The maximum absolute atomic E-state index is 9.37. The van der Waals surface area contributed by atoms with Crippen molar-refractivity contribution in [3.05, 3.63) is 22.7 Å². The van der Waals surface area contributed by atoms with Gasteiger partial charge in [0.15, 0.2) is 0 Å². The first kappa shape index (κ1) is 13.1. The minimum Gasteiger partial charge on any atom is -0.496 e. The number of aliphatic hydroxyl groups is 1. The average molecular weight is 245 g/mol. The van der Waals surface area contributed by atoms with Gasteiger partial charge in [-0.05, 0) is 6.07 Å². The van der Waals surface area contributed by atoms with Crippen molar-refractivity contribution in [2.45, 2.75) is 19.3 Å². The summed E-state index contributed by atoms with van der Waals surface area (Å²) in [6.07, 6.45) is 0. The van der Waals surface area contributed by atoms with E-state index in [1.807, 2.05) is 13.8 Å². The van der Waals surface area contributed by atoms with Gasteiger partial charge < -0.3 is 14.6 Å². The Balaban J connectivity index is 3.36. The fraction of sp³-hybridized carbons (Fsp3) is 0.500. The Morgan fingerprint density at radius 2 is 1.75 bits per heavy atom. The summed E-state index contributed by atoms with van der Waals surface area (Å²) in [6, 6.07) is 3.50. The number of aliphatic hydroxyl groups excluding tert-OH is 1. The molecule has 4 heteroatoms. The number of benzene rings is 1. The number of rotatable bonds is 4. The highest BCUT2D eigenvalue weighted by atomic mass is 35.5. The summed E-state index contributed by atoms with van der Waals surface area (Å²) >= 11 is 6.01. The molecule has 90 valence electrons. The average Bonchev–Trinajstić information content (AvgIpc) is 2.28. The summed E-state index contributed by atoms with van der Waals surface area (Å²) in [6.45, 7) is 3.88. The summed E-state index contributed by atoms with van der Waals surface area (Å²) in [7, 11) is 3.14. The topological polar surface area (TPSA) is 38.7 Å². The molecule has 1 N–H and O–H groups in total. The molecule has 1 aromatic rings. The molecule has 0 aliphatic carbocycles. The van der Waals surface area contributed by atoms with Crippen LogP contribution < -0.4 is 9.47 Å². The molecule has 1 aromatic carbocycles. The molecule has 16 heavy (non-hydrogen) atoms. The van der Waals surface area contributed by atoms with Crippen LogP contribution in [-0.2, 0) is 5.41 Å². The molecular formula is C12H17ClO3. The minimum absolute atomic E-state index is 0.0220. The van der Waals surface area contributed by atoms with E-state index in [9.17, 15) is 5.11 Å². The summed E-state index contributed by atoms with van der Waals surface area (Å²) in [5.74, 6) is 1.24. The normalized spacial score (nSPS) is 11.4. The zero-order chi connectivity index (χ0) is 12.3. The Morgan fingerprint density at radius 3 is 2.19 bits per heavy atom. The van der Waals surface area contributed by atoms with E-state index < -0.39 is 5.41 Å². The van der Waals surface area contributed by atoms with Gasteiger partial charge in [0.2, 0.25) is 0 Å². The molecular weight excluding hydrogens is 228 g/mol. The summed E-state index contributed by atoms with van der Waals surface area (Å²) in [5, 5.41) is 9.87. The second kappa shape index (κ2) is 4.93. The van der Waals surface area contributed by atoms with Gasteiger partial charge in [0.05, 0.1) is 25.8 Å². The maximum Gasteiger partial charge on any atom is 0.138 e. The lowest BCUT2D eigenvalue weighted by atomic mass is 9.85. The first-order chi connectivity index (χ1) is 7.46. The van der Waals surface area contributed by atoms with Crippen LogP contribution in [0.4, 0.5) is 0 Å². The summed E-state index contributed by atoms with van der Waals surface area (Å²) in [4.78, 5) is 0. The van der Waals surface area contributed by atoms with Crippen LogP contribution in [0.5, 0.6) is 11.5 Å². The first-order valence-corrected chi connectivity index (χ1v) is 5.37. The number of halogens is 1. The van der Waals surface area contributed by atoms with Crippen molar-refractivity contribution in [3.8, 4) is 11.5 Å². The van der Waals surface area contributed by atoms with Gasteiger partial charge in [0.25, 0.3) is 0 Å². The second-order valence-electron chi connectivity index (χ2n) is 4.23.